The van der Waals surface area contributed by atoms with Gasteiger partial charge in [0, 0.05) is 13.1 Å². The van der Waals surface area contributed by atoms with Gasteiger partial charge in [0.15, 0.2) is 0 Å². The van der Waals surface area contributed by atoms with Gasteiger partial charge in [-0.3, -0.25) is 0 Å². The second-order valence-electron chi connectivity index (χ2n) is 6.32. The van der Waals surface area contributed by atoms with Crippen LogP contribution in [0.4, 0.5) is 4.79 Å². The second-order valence-corrected chi connectivity index (χ2v) is 6.32. The summed E-state index contributed by atoms with van der Waals surface area (Å²) >= 11 is 0. The van der Waals surface area contributed by atoms with E-state index in [1.54, 1.807) is 4.90 Å². The van der Waals surface area contributed by atoms with Gasteiger partial charge in [0.25, 0.3) is 0 Å². The summed E-state index contributed by atoms with van der Waals surface area (Å²) in [6, 6.07) is -0.964. The van der Waals surface area contributed by atoms with Crippen molar-refractivity contribution < 1.29 is 14.7 Å². The van der Waals surface area contributed by atoms with Crippen LogP contribution in [0.3, 0.4) is 0 Å². The molecule has 2 N–H and O–H groups in total. The zero-order valence-corrected chi connectivity index (χ0v) is 12.4. The smallest absolute Gasteiger partial charge is 0.326 e. The number of hydrogen-bond acceptors (Lipinski definition) is 2. The van der Waals surface area contributed by atoms with E-state index in [2.05, 4.69) is 5.32 Å². The average molecular weight is 282 g/mol. The predicted molar refractivity (Wildman–Crippen MR) is 76.6 cm³/mol. The van der Waals surface area contributed by atoms with Crippen LogP contribution in [0.2, 0.25) is 0 Å². The third kappa shape index (κ3) is 3.44. The van der Waals surface area contributed by atoms with E-state index in [-0.39, 0.29) is 6.03 Å². The van der Waals surface area contributed by atoms with Crippen LogP contribution in [-0.4, -0.2) is 41.1 Å². The van der Waals surface area contributed by atoms with Gasteiger partial charge in [0.1, 0.15) is 6.04 Å². The Morgan fingerprint density at radius 2 is 1.80 bits per heavy atom. The monoisotopic (exact) mass is 282 g/mol. The van der Waals surface area contributed by atoms with Crippen LogP contribution in [0.15, 0.2) is 0 Å². The Kier molecular flexibility index (Phi) is 4.89. The molecule has 20 heavy (non-hydrogen) atoms. The molecule has 0 unspecified atom stereocenters. The number of carboxylic acid groups (broad SMARTS) is 1. The molecule has 1 spiro atoms. The SMILES string of the molecule is CCC[C@H](NC(=O)N1CCC2(CCCC2)CC1)C(=O)O. The fraction of sp³-hybridized carbons (Fsp3) is 0.867. The molecule has 1 heterocycles. The van der Waals surface area contributed by atoms with E-state index in [0.29, 0.717) is 11.8 Å². The first-order valence-corrected chi connectivity index (χ1v) is 7.84. The third-order valence-electron chi connectivity index (χ3n) is 4.95. The van der Waals surface area contributed by atoms with E-state index in [9.17, 15) is 9.59 Å². The largest absolute Gasteiger partial charge is 0.480 e. The van der Waals surface area contributed by atoms with Gasteiger partial charge in [-0.2, -0.15) is 0 Å². The molecule has 0 aromatic heterocycles. The Morgan fingerprint density at radius 1 is 1.20 bits per heavy atom. The Morgan fingerprint density at radius 3 is 2.30 bits per heavy atom. The topological polar surface area (TPSA) is 69.6 Å². The normalized spacial score (nSPS) is 22.8. The van der Waals surface area contributed by atoms with Crippen LogP contribution in [0.1, 0.15) is 58.3 Å². The van der Waals surface area contributed by atoms with E-state index in [4.69, 9.17) is 5.11 Å². The van der Waals surface area contributed by atoms with Gasteiger partial charge >= 0.3 is 12.0 Å². The molecule has 1 saturated heterocycles. The van der Waals surface area contributed by atoms with E-state index < -0.39 is 12.0 Å². The number of likely N-dealkylation sites (tertiary alicyclic amines) is 1. The molecule has 114 valence electrons. The highest BCUT2D eigenvalue weighted by molar-refractivity contribution is 5.82. The molecule has 2 amide bonds. The van der Waals surface area contributed by atoms with E-state index in [0.717, 1.165) is 32.4 Å². The minimum atomic E-state index is -0.940. The number of hydrogen-bond donors (Lipinski definition) is 2. The summed E-state index contributed by atoms with van der Waals surface area (Å²) in [5, 5.41) is 11.7. The first kappa shape index (κ1) is 15.1. The first-order chi connectivity index (χ1) is 9.56. The maximum absolute atomic E-state index is 12.1. The van der Waals surface area contributed by atoms with E-state index in [1.807, 2.05) is 6.92 Å². The number of urea groups is 1. The number of carboxylic acids is 1. The highest BCUT2D eigenvalue weighted by atomic mass is 16.4. The lowest BCUT2D eigenvalue weighted by molar-refractivity contribution is -0.139. The lowest BCUT2D eigenvalue weighted by Gasteiger charge is -2.39. The summed E-state index contributed by atoms with van der Waals surface area (Å²) in [6.07, 6.45) is 8.64. The Labute approximate surface area is 120 Å². The molecule has 2 fully saturated rings. The minimum absolute atomic E-state index is 0.210. The Hall–Kier alpha value is -1.26. The molecule has 5 heteroatoms. The maximum Gasteiger partial charge on any atom is 0.326 e. The van der Waals surface area contributed by atoms with Gasteiger partial charge in [-0.05, 0) is 37.5 Å². The molecule has 0 radical (unpaired) electrons. The van der Waals surface area contributed by atoms with Crippen molar-refractivity contribution >= 4 is 12.0 Å². The first-order valence-electron chi connectivity index (χ1n) is 7.84. The third-order valence-corrected chi connectivity index (χ3v) is 4.95. The number of nitrogens with one attached hydrogen (secondary N) is 1. The van der Waals surface area contributed by atoms with Crippen molar-refractivity contribution in [2.24, 2.45) is 5.41 Å². The van der Waals surface area contributed by atoms with Crippen molar-refractivity contribution in [1.29, 1.82) is 0 Å². The van der Waals surface area contributed by atoms with Crippen molar-refractivity contribution in [1.82, 2.24) is 10.2 Å². The molecule has 2 aliphatic rings. The standard InChI is InChI=1S/C15H26N2O3/c1-2-5-12(13(18)19)16-14(20)17-10-8-15(9-11-17)6-3-4-7-15/h12H,2-11H2,1H3,(H,16,20)(H,18,19)/t12-/m0/s1. The van der Waals surface area contributed by atoms with Gasteiger partial charge in [-0.25, -0.2) is 9.59 Å². The van der Waals surface area contributed by atoms with Gasteiger partial charge in [0.05, 0.1) is 0 Å². The lowest BCUT2D eigenvalue weighted by Crippen LogP contribution is -2.51. The summed E-state index contributed by atoms with van der Waals surface area (Å²) in [5.41, 5.74) is 0.479. The molecular weight excluding hydrogens is 256 g/mol. The molecule has 1 atom stereocenters. The van der Waals surface area contributed by atoms with Crippen molar-refractivity contribution in [3.05, 3.63) is 0 Å². The van der Waals surface area contributed by atoms with Crippen LogP contribution in [0, 0.1) is 5.41 Å². The summed E-state index contributed by atoms with van der Waals surface area (Å²) in [6.45, 7) is 3.46. The van der Waals surface area contributed by atoms with Crippen LogP contribution in [0.5, 0.6) is 0 Å². The number of nitrogens with zero attached hydrogens (tertiary/aromatic N) is 1. The summed E-state index contributed by atoms with van der Waals surface area (Å²) in [7, 11) is 0. The van der Waals surface area contributed by atoms with Crippen LogP contribution in [-0.2, 0) is 4.79 Å². The number of aliphatic carboxylic acids is 1. The van der Waals surface area contributed by atoms with Crippen LogP contribution >= 0.6 is 0 Å². The molecule has 1 saturated carbocycles. The minimum Gasteiger partial charge on any atom is -0.480 e. The van der Waals surface area contributed by atoms with Crippen LogP contribution < -0.4 is 5.32 Å². The van der Waals surface area contributed by atoms with Crippen molar-refractivity contribution in [2.75, 3.05) is 13.1 Å². The summed E-state index contributed by atoms with van der Waals surface area (Å²) in [5.74, 6) is -0.940. The van der Waals surface area contributed by atoms with Crippen LogP contribution in [0.25, 0.3) is 0 Å². The number of carbonyl (C=O) groups is 2. The van der Waals surface area contributed by atoms with E-state index in [1.165, 1.54) is 25.7 Å². The number of amides is 2. The predicted octanol–water partition coefficient (Wildman–Crippen LogP) is 2.61. The van der Waals surface area contributed by atoms with Gasteiger partial charge in [-0.1, -0.05) is 26.2 Å². The summed E-state index contributed by atoms with van der Waals surface area (Å²) < 4.78 is 0. The molecule has 0 aromatic carbocycles. The fourth-order valence-electron chi connectivity index (χ4n) is 3.60. The Bertz CT molecular complexity index is 354. The highest BCUT2D eigenvalue weighted by Crippen LogP contribution is 2.46. The molecular formula is C15H26N2O3. The van der Waals surface area contributed by atoms with Crippen molar-refractivity contribution in [2.45, 2.75) is 64.3 Å². The Balaban J connectivity index is 1.83. The maximum atomic E-state index is 12.1. The number of carbonyl (C=O) groups excluding carboxylic acids is 1. The molecule has 1 aliphatic carbocycles. The zero-order chi connectivity index (χ0) is 14.6. The van der Waals surface area contributed by atoms with Gasteiger partial charge < -0.3 is 15.3 Å². The lowest BCUT2D eigenvalue weighted by atomic mass is 9.77. The molecule has 1 aliphatic heterocycles. The average Bonchev–Trinajstić information content (AvgIpc) is 2.87. The van der Waals surface area contributed by atoms with Crippen molar-refractivity contribution in [3.63, 3.8) is 0 Å². The van der Waals surface area contributed by atoms with Gasteiger partial charge in [0.2, 0.25) is 0 Å². The second kappa shape index (κ2) is 6.46. The number of piperidine rings is 1. The quantitative estimate of drug-likeness (QED) is 0.832. The fourth-order valence-corrected chi connectivity index (χ4v) is 3.60. The zero-order valence-electron chi connectivity index (χ0n) is 12.4. The number of rotatable bonds is 4. The van der Waals surface area contributed by atoms with Gasteiger partial charge in [-0.15, -0.1) is 0 Å². The molecule has 5 nitrogen and oxygen atoms in total. The van der Waals surface area contributed by atoms with Crippen molar-refractivity contribution in [3.8, 4) is 0 Å². The molecule has 0 aromatic rings. The van der Waals surface area contributed by atoms with E-state index >= 15 is 0 Å². The molecule has 2 rings (SSSR count). The molecule has 0 bridgehead atoms. The summed E-state index contributed by atoms with van der Waals surface area (Å²) in [4.78, 5) is 25.0. The highest BCUT2D eigenvalue weighted by Gasteiger charge is 2.38.